The summed E-state index contributed by atoms with van der Waals surface area (Å²) >= 11 is 0. The first-order chi connectivity index (χ1) is 9.97. The van der Waals surface area contributed by atoms with E-state index in [1.54, 1.807) is 6.07 Å². The number of non-ortho nitro benzene ring substituents is 1. The second kappa shape index (κ2) is 5.99. The zero-order valence-electron chi connectivity index (χ0n) is 11.1. The van der Waals surface area contributed by atoms with Gasteiger partial charge in [0.05, 0.1) is 36.8 Å². The van der Waals surface area contributed by atoms with Crippen molar-refractivity contribution in [2.45, 2.75) is 13.0 Å². The first-order valence-electron chi connectivity index (χ1n) is 5.91. The molecule has 0 spiro atoms. The molecule has 1 heterocycles. The molecule has 1 N–H and O–H groups in total. The number of carboxylic acids is 1. The Hall–Kier alpha value is -2.97. The molecular formula is C12H12N4O5. The van der Waals surface area contributed by atoms with Crippen LogP contribution in [0.25, 0.3) is 0 Å². The van der Waals surface area contributed by atoms with Crippen LogP contribution in [0.4, 0.5) is 5.69 Å². The summed E-state index contributed by atoms with van der Waals surface area (Å²) in [6, 6.07) is 4.37. The van der Waals surface area contributed by atoms with Crippen molar-refractivity contribution < 1.29 is 19.6 Å². The summed E-state index contributed by atoms with van der Waals surface area (Å²) in [5, 5.41) is 27.0. The van der Waals surface area contributed by atoms with Crippen molar-refractivity contribution in [1.82, 2.24) is 15.0 Å². The zero-order chi connectivity index (χ0) is 15.4. The van der Waals surface area contributed by atoms with E-state index in [4.69, 9.17) is 9.84 Å². The molecule has 0 fully saturated rings. The fourth-order valence-electron chi connectivity index (χ4n) is 1.80. The summed E-state index contributed by atoms with van der Waals surface area (Å²) in [5.74, 6) is -0.635. The summed E-state index contributed by atoms with van der Waals surface area (Å²) in [6.07, 6.45) is 1.26. The number of carbonyl (C=O) groups is 1. The highest BCUT2D eigenvalue weighted by Gasteiger charge is 2.12. The van der Waals surface area contributed by atoms with E-state index in [0.29, 0.717) is 17.0 Å². The molecule has 9 heteroatoms. The first-order valence-corrected chi connectivity index (χ1v) is 5.91. The monoisotopic (exact) mass is 292 g/mol. The van der Waals surface area contributed by atoms with Crippen molar-refractivity contribution in [1.29, 1.82) is 0 Å². The van der Waals surface area contributed by atoms with Crippen LogP contribution in [0, 0.1) is 10.1 Å². The molecule has 0 saturated carbocycles. The molecule has 0 unspecified atom stereocenters. The van der Waals surface area contributed by atoms with Crippen LogP contribution < -0.4 is 4.74 Å². The van der Waals surface area contributed by atoms with Crippen molar-refractivity contribution in [2.75, 3.05) is 7.11 Å². The summed E-state index contributed by atoms with van der Waals surface area (Å²) < 4.78 is 6.43. The van der Waals surface area contributed by atoms with Crippen LogP contribution >= 0.6 is 0 Å². The molecule has 2 aromatic rings. The molecular weight excluding hydrogens is 280 g/mol. The van der Waals surface area contributed by atoms with Crippen LogP contribution in [-0.2, 0) is 17.8 Å². The Morgan fingerprint density at radius 2 is 2.24 bits per heavy atom. The lowest BCUT2D eigenvalue weighted by atomic mass is 10.2. The lowest BCUT2D eigenvalue weighted by Crippen LogP contribution is -2.02. The maximum Gasteiger partial charge on any atom is 0.309 e. The van der Waals surface area contributed by atoms with E-state index in [9.17, 15) is 14.9 Å². The van der Waals surface area contributed by atoms with Gasteiger partial charge in [0.25, 0.3) is 5.69 Å². The van der Waals surface area contributed by atoms with E-state index in [1.165, 1.54) is 30.1 Å². The molecule has 0 aliphatic rings. The number of nitro groups is 1. The van der Waals surface area contributed by atoms with Crippen LogP contribution in [0.15, 0.2) is 24.4 Å². The van der Waals surface area contributed by atoms with Crippen molar-refractivity contribution in [3.63, 3.8) is 0 Å². The number of aliphatic carboxylic acids is 1. The van der Waals surface area contributed by atoms with E-state index in [0.717, 1.165) is 0 Å². The topological polar surface area (TPSA) is 120 Å². The second-order valence-corrected chi connectivity index (χ2v) is 4.27. The van der Waals surface area contributed by atoms with Gasteiger partial charge in [-0.2, -0.15) is 0 Å². The molecule has 0 bridgehead atoms. The normalized spacial score (nSPS) is 10.3. The molecule has 0 radical (unpaired) electrons. The number of methoxy groups -OCH3 is 1. The van der Waals surface area contributed by atoms with Gasteiger partial charge in [0.1, 0.15) is 5.75 Å². The van der Waals surface area contributed by atoms with E-state index in [1.807, 2.05) is 0 Å². The maximum absolute atomic E-state index is 10.8. The van der Waals surface area contributed by atoms with E-state index in [2.05, 4.69) is 10.3 Å². The average molecular weight is 292 g/mol. The number of hydrogen-bond donors (Lipinski definition) is 1. The van der Waals surface area contributed by atoms with Gasteiger partial charge in [-0.15, -0.1) is 5.10 Å². The molecule has 110 valence electrons. The number of carboxylic acid groups (broad SMARTS) is 1. The third-order valence-corrected chi connectivity index (χ3v) is 2.66. The Bertz CT molecular complexity index is 682. The van der Waals surface area contributed by atoms with E-state index >= 15 is 0 Å². The van der Waals surface area contributed by atoms with Crippen molar-refractivity contribution in [2.24, 2.45) is 0 Å². The Morgan fingerprint density at radius 3 is 2.86 bits per heavy atom. The van der Waals surface area contributed by atoms with Crippen LogP contribution in [0.1, 0.15) is 11.3 Å². The van der Waals surface area contributed by atoms with Crippen LogP contribution in [0.2, 0.25) is 0 Å². The molecule has 0 aliphatic heterocycles. The number of nitrogens with zero attached hydrogens (tertiary/aromatic N) is 4. The predicted molar refractivity (Wildman–Crippen MR) is 70.1 cm³/mol. The van der Waals surface area contributed by atoms with Gasteiger partial charge in [0.15, 0.2) is 0 Å². The van der Waals surface area contributed by atoms with Gasteiger partial charge in [-0.25, -0.2) is 4.68 Å². The summed E-state index contributed by atoms with van der Waals surface area (Å²) in [6.45, 7) is 0.227. The lowest BCUT2D eigenvalue weighted by Gasteiger charge is -2.05. The van der Waals surface area contributed by atoms with Gasteiger partial charge in [0.2, 0.25) is 0 Å². The number of nitro benzene ring substituents is 1. The van der Waals surface area contributed by atoms with Crippen molar-refractivity contribution >= 4 is 11.7 Å². The van der Waals surface area contributed by atoms with Gasteiger partial charge in [-0.3, -0.25) is 14.9 Å². The Labute approximate surface area is 118 Å². The van der Waals surface area contributed by atoms with E-state index in [-0.39, 0.29) is 18.7 Å². The highest BCUT2D eigenvalue weighted by Crippen LogP contribution is 2.23. The summed E-state index contributed by atoms with van der Waals surface area (Å²) in [4.78, 5) is 20.9. The Kier molecular flexibility index (Phi) is 4.12. The fraction of sp³-hybridized carbons (Fsp3) is 0.250. The molecule has 1 aromatic carbocycles. The van der Waals surface area contributed by atoms with Crippen molar-refractivity contribution in [3.05, 3.63) is 45.8 Å². The quantitative estimate of drug-likeness (QED) is 0.619. The fourth-order valence-corrected chi connectivity index (χ4v) is 1.80. The zero-order valence-corrected chi connectivity index (χ0v) is 11.1. The van der Waals surface area contributed by atoms with Gasteiger partial charge in [-0.05, 0) is 11.6 Å². The molecule has 0 amide bonds. The third-order valence-electron chi connectivity index (χ3n) is 2.66. The second-order valence-electron chi connectivity index (χ2n) is 4.27. The Morgan fingerprint density at radius 1 is 1.48 bits per heavy atom. The lowest BCUT2D eigenvalue weighted by molar-refractivity contribution is -0.385. The minimum atomic E-state index is -1.00. The minimum Gasteiger partial charge on any atom is -0.496 e. The molecule has 1 aromatic heterocycles. The molecule has 21 heavy (non-hydrogen) atoms. The number of benzene rings is 1. The molecule has 0 aliphatic carbocycles. The first kappa shape index (κ1) is 14.4. The highest BCUT2D eigenvalue weighted by molar-refractivity contribution is 5.69. The van der Waals surface area contributed by atoms with Gasteiger partial charge in [-0.1, -0.05) is 5.21 Å². The number of hydrogen-bond acceptors (Lipinski definition) is 6. The predicted octanol–water partition coefficient (Wildman–Crippen LogP) is 0.870. The van der Waals surface area contributed by atoms with Gasteiger partial charge in [0, 0.05) is 12.3 Å². The average Bonchev–Trinajstić information content (AvgIpc) is 2.84. The maximum atomic E-state index is 10.8. The smallest absolute Gasteiger partial charge is 0.309 e. The largest absolute Gasteiger partial charge is 0.496 e. The number of ether oxygens (including phenoxy) is 1. The van der Waals surface area contributed by atoms with E-state index < -0.39 is 10.9 Å². The SMILES string of the molecule is COc1cc(Cn2cc(CC(=O)O)nn2)cc([N+](=O)[O-])c1. The van der Waals surface area contributed by atoms with Crippen LogP contribution in [0.5, 0.6) is 5.75 Å². The standard InChI is InChI=1S/C12H12N4O5/c1-21-11-3-8(2-10(5-11)16(19)20)6-15-7-9(13-14-15)4-12(17)18/h2-3,5,7H,4,6H2,1H3,(H,17,18). The summed E-state index contributed by atoms with van der Waals surface area (Å²) in [5.41, 5.74) is 0.836. The van der Waals surface area contributed by atoms with Crippen LogP contribution in [-0.4, -0.2) is 38.1 Å². The third kappa shape index (κ3) is 3.75. The minimum absolute atomic E-state index is 0.0878. The molecule has 0 saturated heterocycles. The number of aromatic nitrogens is 3. The Balaban J connectivity index is 2.22. The van der Waals surface area contributed by atoms with Gasteiger partial charge < -0.3 is 9.84 Å². The highest BCUT2D eigenvalue weighted by atomic mass is 16.6. The van der Waals surface area contributed by atoms with Crippen molar-refractivity contribution in [3.8, 4) is 5.75 Å². The van der Waals surface area contributed by atoms with Crippen LogP contribution in [0.3, 0.4) is 0 Å². The van der Waals surface area contributed by atoms with Gasteiger partial charge >= 0.3 is 5.97 Å². The molecule has 0 atom stereocenters. The number of rotatable bonds is 6. The molecule has 9 nitrogen and oxygen atoms in total. The summed E-state index contributed by atoms with van der Waals surface area (Å²) in [7, 11) is 1.42. The molecule has 2 rings (SSSR count).